The fraction of sp³-hybridized carbons (Fsp3) is 0.0769. The molecule has 5 heteroatoms. The van der Waals surface area contributed by atoms with E-state index in [1.54, 1.807) is 18.5 Å². The van der Waals surface area contributed by atoms with Gasteiger partial charge in [-0.1, -0.05) is 15.9 Å². The lowest BCUT2D eigenvalue weighted by Crippen LogP contribution is -2.23. The van der Waals surface area contributed by atoms with Crippen molar-refractivity contribution in [3.63, 3.8) is 0 Å². The second-order valence-corrected chi connectivity index (χ2v) is 5.43. The fourth-order valence-electron chi connectivity index (χ4n) is 1.45. The Morgan fingerprint density at radius 1 is 1.17 bits per heavy atom. The molecule has 0 unspecified atom stereocenters. The minimum Gasteiger partial charge on any atom is -0.348 e. The van der Waals surface area contributed by atoms with Crippen LogP contribution < -0.4 is 5.32 Å². The summed E-state index contributed by atoms with van der Waals surface area (Å²) in [5, 5.41) is 2.86. The summed E-state index contributed by atoms with van der Waals surface area (Å²) in [6, 6.07) is 9.21. The molecule has 1 aromatic carbocycles. The molecular weight excluding hydrogens is 360 g/mol. The van der Waals surface area contributed by atoms with Gasteiger partial charge in [0, 0.05) is 27.9 Å². The number of carbonyl (C=O) groups is 1. The summed E-state index contributed by atoms with van der Waals surface area (Å²) in [6.45, 7) is 0.490. The predicted molar refractivity (Wildman–Crippen MR) is 77.2 cm³/mol. The van der Waals surface area contributed by atoms with Crippen LogP contribution in [0.25, 0.3) is 0 Å². The summed E-state index contributed by atoms with van der Waals surface area (Å²) >= 11 is 6.73. The highest BCUT2D eigenvalue weighted by Crippen LogP contribution is 2.21. The maximum Gasteiger partial charge on any atom is 0.252 e. The Balaban J connectivity index is 2.04. The second-order valence-electron chi connectivity index (χ2n) is 3.66. The molecule has 1 aromatic heterocycles. The molecule has 0 saturated carbocycles. The number of nitrogens with zero attached hydrogens (tertiary/aromatic N) is 1. The normalized spacial score (nSPS) is 10.1. The molecule has 92 valence electrons. The van der Waals surface area contributed by atoms with Crippen LogP contribution in [0.4, 0.5) is 0 Å². The Labute approximate surface area is 122 Å². The van der Waals surface area contributed by atoms with E-state index in [2.05, 4.69) is 42.2 Å². The van der Waals surface area contributed by atoms with Crippen molar-refractivity contribution < 1.29 is 4.79 Å². The average Bonchev–Trinajstić information content (AvgIpc) is 2.37. The van der Waals surface area contributed by atoms with E-state index in [9.17, 15) is 4.79 Å². The molecule has 0 bridgehead atoms. The smallest absolute Gasteiger partial charge is 0.252 e. The average molecular weight is 370 g/mol. The summed E-state index contributed by atoms with van der Waals surface area (Å²) in [6.07, 6.45) is 3.41. The molecular formula is C13H10Br2N2O. The maximum atomic E-state index is 12.0. The highest BCUT2D eigenvalue weighted by atomic mass is 79.9. The zero-order valence-electron chi connectivity index (χ0n) is 9.36. The molecule has 0 aliphatic rings. The van der Waals surface area contributed by atoms with E-state index >= 15 is 0 Å². The van der Waals surface area contributed by atoms with Crippen LogP contribution in [0, 0.1) is 0 Å². The Hall–Kier alpha value is -1.20. The molecule has 1 heterocycles. The van der Waals surface area contributed by atoms with Crippen LogP contribution in [-0.2, 0) is 6.54 Å². The largest absolute Gasteiger partial charge is 0.348 e. The van der Waals surface area contributed by atoms with Gasteiger partial charge in [-0.15, -0.1) is 0 Å². The molecule has 0 fully saturated rings. The molecule has 18 heavy (non-hydrogen) atoms. The van der Waals surface area contributed by atoms with Crippen molar-refractivity contribution in [3.05, 3.63) is 62.8 Å². The Morgan fingerprint density at radius 3 is 2.56 bits per heavy atom. The van der Waals surface area contributed by atoms with Gasteiger partial charge in [-0.2, -0.15) is 0 Å². The molecule has 0 spiro atoms. The van der Waals surface area contributed by atoms with Crippen molar-refractivity contribution in [1.29, 1.82) is 0 Å². The molecule has 0 aliphatic carbocycles. The third kappa shape index (κ3) is 3.40. The second kappa shape index (κ2) is 6.11. The topological polar surface area (TPSA) is 42.0 Å². The van der Waals surface area contributed by atoms with Gasteiger partial charge >= 0.3 is 0 Å². The van der Waals surface area contributed by atoms with Crippen LogP contribution in [-0.4, -0.2) is 10.9 Å². The van der Waals surface area contributed by atoms with Gasteiger partial charge in [-0.3, -0.25) is 9.78 Å². The zero-order chi connectivity index (χ0) is 13.0. The first-order chi connectivity index (χ1) is 8.66. The van der Waals surface area contributed by atoms with Gasteiger partial charge in [0.1, 0.15) is 0 Å². The van der Waals surface area contributed by atoms with E-state index in [-0.39, 0.29) is 5.91 Å². The Kier molecular flexibility index (Phi) is 4.49. The van der Waals surface area contributed by atoms with Crippen molar-refractivity contribution in [2.24, 2.45) is 0 Å². The predicted octanol–water partition coefficient (Wildman–Crippen LogP) is 3.54. The molecule has 2 rings (SSSR count). The summed E-state index contributed by atoms with van der Waals surface area (Å²) < 4.78 is 1.70. The van der Waals surface area contributed by atoms with Crippen LogP contribution in [0.5, 0.6) is 0 Å². The van der Waals surface area contributed by atoms with Crippen molar-refractivity contribution in [3.8, 4) is 0 Å². The van der Waals surface area contributed by atoms with Crippen LogP contribution in [0.3, 0.4) is 0 Å². The summed E-state index contributed by atoms with van der Waals surface area (Å²) in [7, 11) is 0. The third-order valence-corrected chi connectivity index (χ3v) is 3.53. The lowest BCUT2D eigenvalue weighted by molar-refractivity contribution is 0.0950. The van der Waals surface area contributed by atoms with Crippen molar-refractivity contribution in [2.75, 3.05) is 0 Å². The lowest BCUT2D eigenvalue weighted by Gasteiger charge is -2.07. The molecule has 0 atom stereocenters. The summed E-state index contributed by atoms with van der Waals surface area (Å²) in [5.41, 5.74) is 1.64. The van der Waals surface area contributed by atoms with E-state index in [4.69, 9.17) is 0 Å². The molecule has 3 nitrogen and oxygen atoms in total. The van der Waals surface area contributed by atoms with Crippen molar-refractivity contribution in [2.45, 2.75) is 6.54 Å². The number of pyridine rings is 1. The van der Waals surface area contributed by atoms with E-state index < -0.39 is 0 Å². The quantitative estimate of drug-likeness (QED) is 0.899. The monoisotopic (exact) mass is 368 g/mol. The number of rotatable bonds is 3. The molecule has 1 N–H and O–H groups in total. The summed E-state index contributed by atoms with van der Waals surface area (Å²) in [5.74, 6) is -0.105. The zero-order valence-corrected chi connectivity index (χ0v) is 12.5. The van der Waals surface area contributed by atoms with Crippen LogP contribution in [0.15, 0.2) is 51.7 Å². The Bertz CT molecular complexity index is 558. The SMILES string of the molecule is O=C(NCc1ccncc1)c1ccc(Br)cc1Br. The third-order valence-electron chi connectivity index (χ3n) is 2.38. The first-order valence-electron chi connectivity index (χ1n) is 5.29. The van der Waals surface area contributed by atoms with E-state index in [0.29, 0.717) is 12.1 Å². The van der Waals surface area contributed by atoms with Gasteiger partial charge in [0.05, 0.1) is 5.56 Å². The number of amides is 1. The van der Waals surface area contributed by atoms with Gasteiger partial charge in [0.15, 0.2) is 0 Å². The first-order valence-corrected chi connectivity index (χ1v) is 6.87. The number of halogens is 2. The standard InChI is InChI=1S/C13H10Br2N2O/c14-10-1-2-11(12(15)7-10)13(18)17-8-9-3-5-16-6-4-9/h1-7H,8H2,(H,17,18). The minimum absolute atomic E-state index is 0.105. The van der Waals surface area contributed by atoms with Gasteiger partial charge in [-0.25, -0.2) is 0 Å². The number of nitrogens with one attached hydrogen (secondary N) is 1. The molecule has 0 aliphatic heterocycles. The van der Waals surface area contributed by atoms with Gasteiger partial charge in [-0.05, 0) is 51.8 Å². The van der Waals surface area contributed by atoms with Gasteiger partial charge in [0.25, 0.3) is 5.91 Å². The highest BCUT2D eigenvalue weighted by molar-refractivity contribution is 9.11. The van der Waals surface area contributed by atoms with Crippen LogP contribution in [0.2, 0.25) is 0 Å². The molecule has 0 saturated heterocycles. The number of aromatic nitrogens is 1. The fourth-order valence-corrected chi connectivity index (χ4v) is 2.68. The van der Waals surface area contributed by atoms with Gasteiger partial charge in [0.2, 0.25) is 0 Å². The molecule has 0 radical (unpaired) electrons. The lowest BCUT2D eigenvalue weighted by atomic mass is 10.2. The summed E-state index contributed by atoms with van der Waals surface area (Å²) in [4.78, 5) is 15.9. The van der Waals surface area contributed by atoms with E-state index in [1.165, 1.54) is 0 Å². The number of hydrogen-bond acceptors (Lipinski definition) is 2. The van der Waals surface area contributed by atoms with Crippen LogP contribution >= 0.6 is 31.9 Å². The van der Waals surface area contributed by atoms with Gasteiger partial charge < -0.3 is 5.32 Å². The molecule has 1 amide bonds. The Morgan fingerprint density at radius 2 is 1.89 bits per heavy atom. The van der Waals surface area contributed by atoms with E-state index in [1.807, 2.05) is 24.3 Å². The number of benzene rings is 1. The van der Waals surface area contributed by atoms with Crippen molar-refractivity contribution in [1.82, 2.24) is 10.3 Å². The van der Waals surface area contributed by atoms with Crippen LogP contribution in [0.1, 0.15) is 15.9 Å². The van der Waals surface area contributed by atoms with Crippen molar-refractivity contribution >= 4 is 37.8 Å². The first kappa shape index (κ1) is 13.2. The maximum absolute atomic E-state index is 12.0. The highest BCUT2D eigenvalue weighted by Gasteiger charge is 2.09. The molecule has 2 aromatic rings. The van der Waals surface area contributed by atoms with E-state index in [0.717, 1.165) is 14.5 Å². The number of carbonyl (C=O) groups excluding carboxylic acids is 1. The minimum atomic E-state index is -0.105. The number of hydrogen-bond donors (Lipinski definition) is 1.